The lowest BCUT2D eigenvalue weighted by molar-refractivity contribution is 0.0749. The van der Waals surface area contributed by atoms with Crippen LogP contribution in [-0.2, 0) is 14.2 Å². The molecule has 0 aromatic heterocycles. The van der Waals surface area contributed by atoms with Crippen LogP contribution in [0.2, 0.25) is 0 Å². The van der Waals surface area contributed by atoms with Gasteiger partial charge in [-0.1, -0.05) is 0 Å². The topological polar surface area (TPSA) is 39.7 Å². The monoisotopic (exact) mass is 245 g/mol. The van der Waals surface area contributed by atoms with Gasteiger partial charge in [0.05, 0.1) is 25.9 Å². The first kappa shape index (κ1) is 14.9. The van der Waals surface area contributed by atoms with E-state index in [1.165, 1.54) is 0 Å². The summed E-state index contributed by atoms with van der Waals surface area (Å²) in [5.74, 6) is 0.620. The van der Waals surface area contributed by atoms with Gasteiger partial charge in [-0.25, -0.2) is 0 Å². The Balaban J connectivity index is 1.72. The van der Waals surface area contributed by atoms with Crippen LogP contribution in [0.25, 0.3) is 0 Å². The van der Waals surface area contributed by atoms with Gasteiger partial charge >= 0.3 is 0 Å². The molecule has 1 aliphatic rings. The standard InChI is InChI=1S/C13H27NO3/c1-12(2)17-7-3-5-14-6-9-16-11-13-4-8-15-10-13/h12-14H,3-11H2,1-2H3. The molecule has 0 radical (unpaired) electrons. The van der Waals surface area contributed by atoms with Crippen LogP contribution in [0.4, 0.5) is 0 Å². The number of nitrogens with one attached hydrogen (secondary N) is 1. The highest BCUT2D eigenvalue weighted by Crippen LogP contribution is 2.11. The summed E-state index contributed by atoms with van der Waals surface area (Å²) < 4.78 is 16.3. The fourth-order valence-corrected chi connectivity index (χ4v) is 1.75. The highest BCUT2D eigenvalue weighted by atomic mass is 16.5. The molecule has 4 heteroatoms. The van der Waals surface area contributed by atoms with Crippen molar-refractivity contribution < 1.29 is 14.2 Å². The van der Waals surface area contributed by atoms with Crippen LogP contribution in [0, 0.1) is 5.92 Å². The third-order valence-electron chi connectivity index (χ3n) is 2.75. The fourth-order valence-electron chi connectivity index (χ4n) is 1.75. The molecular weight excluding hydrogens is 218 g/mol. The Morgan fingerprint density at radius 1 is 1.29 bits per heavy atom. The molecule has 102 valence electrons. The van der Waals surface area contributed by atoms with Crippen molar-refractivity contribution in [1.82, 2.24) is 5.32 Å². The Labute approximate surface area is 105 Å². The summed E-state index contributed by atoms with van der Waals surface area (Å²) in [5, 5.41) is 3.35. The van der Waals surface area contributed by atoms with E-state index in [9.17, 15) is 0 Å². The Hall–Kier alpha value is -0.160. The third-order valence-corrected chi connectivity index (χ3v) is 2.75. The maximum absolute atomic E-state index is 5.59. The molecule has 0 aliphatic carbocycles. The zero-order valence-corrected chi connectivity index (χ0v) is 11.2. The van der Waals surface area contributed by atoms with Gasteiger partial charge in [0.25, 0.3) is 0 Å². The molecule has 1 heterocycles. The number of hydrogen-bond donors (Lipinski definition) is 1. The normalized spacial score (nSPS) is 20.3. The predicted octanol–water partition coefficient (Wildman–Crippen LogP) is 1.44. The highest BCUT2D eigenvalue weighted by molar-refractivity contribution is 4.62. The molecule has 0 spiro atoms. The van der Waals surface area contributed by atoms with Crippen LogP contribution in [0.3, 0.4) is 0 Å². The number of rotatable bonds is 10. The molecule has 1 atom stereocenters. The zero-order chi connectivity index (χ0) is 12.3. The van der Waals surface area contributed by atoms with Crippen LogP contribution in [-0.4, -0.2) is 52.2 Å². The van der Waals surface area contributed by atoms with E-state index in [1.54, 1.807) is 0 Å². The van der Waals surface area contributed by atoms with E-state index in [4.69, 9.17) is 14.2 Å². The average molecular weight is 245 g/mol. The van der Waals surface area contributed by atoms with Crippen molar-refractivity contribution in [1.29, 1.82) is 0 Å². The lowest BCUT2D eigenvalue weighted by Gasteiger charge is -2.10. The quantitative estimate of drug-likeness (QED) is 0.591. The van der Waals surface area contributed by atoms with Crippen LogP contribution in [0.1, 0.15) is 26.7 Å². The Bertz CT molecular complexity index is 170. The summed E-state index contributed by atoms with van der Waals surface area (Å²) in [6.45, 7) is 10.3. The van der Waals surface area contributed by atoms with Gasteiger partial charge < -0.3 is 19.5 Å². The second kappa shape index (κ2) is 9.83. The Kier molecular flexibility index (Phi) is 8.61. The second-order valence-electron chi connectivity index (χ2n) is 4.83. The minimum Gasteiger partial charge on any atom is -0.381 e. The first-order valence-corrected chi connectivity index (χ1v) is 6.77. The molecule has 0 amide bonds. The molecule has 1 saturated heterocycles. The molecule has 4 nitrogen and oxygen atoms in total. The lowest BCUT2D eigenvalue weighted by atomic mass is 10.1. The van der Waals surface area contributed by atoms with E-state index in [0.717, 1.165) is 59.0 Å². The van der Waals surface area contributed by atoms with E-state index in [2.05, 4.69) is 19.2 Å². The molecular formula is C13H27NO3. The summed E-state index contributed by atoms with van der Waals surface area (Å²) in [6.07, 6.45) is 2.56. The van der Waals surface area contributed by atoms with Gasteiger partial charge in [-0.2, -0.15) is 0 Å². The van der Waals surface area contributed by atoms with Crippen molar-refractivity contribution in [3.8, 4) is 0 Å². The number of ether oxygens (including phenoxy) is 3. The van der Waals surface area contributed by atoms with Crippen LogP contribution >= 0.6 is 0 Å². The minimum atomic E-state index is 0.340. The molecule has 0 aromatic rings. The minimum absolute atomic E-state index is 0.340. The SMILES string of the molecule is CC(C)OCCCNCCOCC1CCOC1. The van der Waals surface area contributed by atoms with Gasteiger partial charge in [-0.3, -0.25) is 0 Å². The van der Waals surface area contributed by atoms with Crippen molar-refractivity contribution in [2.45, 2.75) is 32.8 Å². The third kappa shape index (κ3) is 8.55. The maximum atomic E-state index is 5.59. The fraction of sp³-hybridized carbons (Fsp3) is 1.00. The van der Waals surface area contributed by atoms with Gasteiger partial charge in [0, 0.05) is 25.7 Å². The summed E-state index contributed by atoms with van der Waals surface area (Å²) in [4.78, 5) is 0. The van der Waals surface area contributed by atoms with Crippen molar-refractivity contribution in [2.75, 3.05) is 46.1 Å². The van der Waals surface area contributed by atoms with Crippen molar-refractivity contribution in [3.63, 3.8) is 0 Å². The van der Waals surface area contributed by atoms with Gasteiger partial charge in [-0.15, -0.1) is 0 Å². The summed E-state index contributed by atoms with van der Waals surface area (Å²) in [7, 11) is 0. The molecule has 0 bridgehead atoms. The van der Waals surface area contributed by atoms with Crippen molar-refractivity contribution in [2.24, 2.45) is 5.92 Å². The van der Waals surface area contributed by atoms with Gasteiger partial charge in [0.1, 0.15) is 0 Å². The molecule has 17 heavy (non-hydrogen) atoms. The van der Waals surface area contributed by atoms with Gasteiger partial charge in [0.15, 0.2) is 0 Å². The van der Waals surface area contributed by atoms with Crippen molar-refractivity contribution in [3.05, 3.63) is 0 Å². The second-order valence-corrected chi connectivity index (χ2v) is 4.83. The van der Waals surface area contributed by atoms with Crippen molar-refractivity contribution >= 4 is 0 Å². The average Bonchev–Trinajstić information content (AvgIpc) is 2.79. The molecule has 1 N–H and O–H groups in total. The molecule has 1 fully saturated rings. The summed E-state index contributed by atoms with van der Waals surface area (Å²) in [5.41, 5.74) is 0. The maximum Gasteiger partial charge on any atom is 0.0591 e. The molecule has 0 aromatic carbocycles. The van der Waals surface area contributed by atoms with E-state index < -0.39 is 0 Å². The Morgan fingerprint density at radius 3 is 2.88 bits per heavy atom. The van der Waals surface area contributed by atoms with E-state index in [0.29, 0.717) is 12.0 Å². The van der Waals surface area contributed by atoms with Gasteiger partial charge in [-0.05, 0) is 33.2 Å². The first-order chi connectivity index (χ1) is 8.29. The van der Waals surface area contributed by atoms with E-state index in [-0.39, 0.29) is 0 Å². The lowest BCUT2D eigenvalue weighted by Crippen LogP contribution is -2.23. The van der Waals surface area contributed by atoms with Crippen LogP contribution in [0.15, 0.2) is 0 Å². The molecule has 1 aliphatic heterocycles. The summed E-state index contributed by atoms with van der Waals surface area (Å²) in [6, 6.07) is 0. The molecule has 1 unspecified atom stereocenters. The van der Waals surface area contributed by atoms with Crippen LogP contribution < -0.4 is 5.32 Å². The highest BCUT2D eigenvalue weighted by Gasteiger charge is 2.14. The molecule has 0 saturated carbocycles. The Morgan fingerprint density at radius 2 is 2.18 bits per heavy atom. The van der Waals surface area contributed by atoms with E-state index >= 15 is 0 Å². The zero-order valence-electron chi connectivity index (χ0n) is 11.2. The summed E-state index contributed by atoms with van der Waals surface area (Å²) >= 11 is 0. The number of hydrogen-bond acceptors (Lipinski definition) is 4. The molecule has 1 rings (SSSR count). The largest absolute Gasteiger partial charge is 0.381 e. The van der Waals surface area contributed by atoms with E-state index in [1.807, 2.05) is 0 Å². The van der Waals surface area contributed by atoms with Crippen LogP contribution in [0.5, 0.6) is 0 Å². The predicted molar refractivity (Wildman–Crippen MR) is 68.3 cm³/mol. The first-order valence-electron chi connectivity index (χ1n) is 6.77. The van der Waals surface area contributed by atoms with Gasteiger partial charge in [0.2, 0.25) is 0 Å². The smallest absolute Gasteiger partial charge is 0.0591 e.